The van der Waals surface area contributed by atoms with Crippen molar-refractivity contribution in [3.63, 3.8) is 0 Å². The molecule has 3 aromatic rings. The lowest BCUT2D eigenvalue weighted by molar-refractivity contribution is 0.102. The maximum atomic E-state index is 12.5. The minimum atomic E-state index is -0.406. The van der Waals surface area contributed by atoms with Crippen molar-refractivity contribution in [2.24, 2.45) is 0 Å². The van der Waals surface area contributed by atoms with Gasteiger partial charge in [0.2, 0.25) is 0 Å². The lowest BCUT2D eigenvalue weighted by atomic mass is 9.97. The number of nitriles is 2. The molecule has 0 saturated heterocycles. The molecule has 4 N–H and O–H groups in total. The maximum absolute atomic E-state index is 12.5. The highest BCUT2D eigenvalue weighted by Gasteiger charge is 2.21. The van der Waals surface area contributed by atoms with E-state index in [4.69, 9.17) is 10.5 Å². The first-order valence-electron chi connectivity index (χ1n) is 8.85. The van der Waals surface area contributed by atoms with Gasteiger partial charge in [0.15, 0.2) is 17.3 Å². The first-order valence-corrected chi connectivity index (χ1v) is 9.84. The van der Waals surface area contributed by atoms with Crippen LogP contribution >= 0.6 is 11.8 Å². The predicted octanol–water partition coefficient (Wildman–Crippen LogP) is 3.47. The molecule has 0 aliphatic carbocycles. The normalized spacial score (nSPS) is 10.2. The molecule has 3 rings (SSSR count). The van der Waals surface area contributed by atoms with Crippen LogP contribution in [0.25, 0.3) is 11.1 Å². The number of carbonyl (C=O) groups is 1. The van der Waals surface area contributed by atoms with E-state index in [0.29, 0.717) is 16.9 Å². The molecule has 9 heteroatoms. The molecule has 0 bridgehead atoms. The summed E-state index contributed by atoms with van der Waals surface area (Å²) < 4.78 is 5.15. The first-order chi connectivity index (χ1) is 14.9. The zero-order valence-corrected chi connectivity index (χ0v) is 17.1. The summed E-state index contributed by atoms with van der Waals surface area (Å²) in [6.45, 7) is 0. The van der Waals surface area contributed by atoms with E-state index >= 15 is 0 Å². The molecule has 31 heavy (non-hydrogen) atoms. The third-order valence-corrected chi connectivity index (χ3v) is 5.41. The molecule has 0 amide bonds. The maximum Gasteiger partial charge on any atom is 0.173 e. The van der Waals surface area contributed by atoms with E-state index in [9.17, 15) is 25.5 Å². The van der Waals surface area contributed by atoms with Crippen molar-refractivity contribution in [3.05, 3.63) is 59.2 Å². The first kappa shape index (κ1) is 21.5. The van der Waals surface area contributed by atoms with Crippen molar-refractivity contribution >= 4 is 23.4 Å². The number of nitrogens with zero attached hydrogens (tertiary/aromatic N) is 3. The van der Waals surface area contributed by atoms with Crippen molar-refractivity contribution in [2.45, 2.75) is 5.03 Å². The summed E-state index contributed by atoms with van der Waals surface area (Å²) in [6.07, 6.45) is 0. The van der Waals surface area contributed by atoms with Gasteiger partial charge in [0.05, 0.1) is 18.4 Å². The van der Waals surface area contributed by atoms with Crippen molar-refractivity contribution in [1.82, 2.24) is 4.98 Å². The number of anilines is 1. The number of phenols is 2. The number of aromatic hydroxyl groups is 2. The highest BCUT2D eigenvalue weighted by atomic mass is 32.2. The average Bonchev–Trinajstić information content (AvgIpc) is 2.78. The van der Waals surface area contributed by atoms with E-state index < -0.39 is 5.75 Å². The molecule has 0 atom stereocenters. The predicted molar refractivity (Wildman–Crippen MR) is 115 cm³/mol. The molecule has 0 aliphatic heterocycles. The van der Waals surface area contributed by atoms with Crippen LogP contribution in [0.3, 0.4) is 0 Å². The number of thioether (sulfide) groups is 1. The number of benzene rings is 2. The van der Waals surface area contributed by atoms with Gasteiger partial charge in [0, 0.05) is 11.1 Å². The number of phenolic OH excluding ortho intramolecular Hbond substituents is 2. The largest absolute Gasteiger partial charge is 0.504 e. The van der Waals surface area contributed by atoms with Crippen LogP contribution < -0.4 is 10.5 Å². The summed E-state index contributed by atoms with van der Waals surface area (Å²) in [7, 11) is 1.53. The Morgan fingerprint density at radius 3 is 2.35 bits per heavy atom. The fraction of sp³-hybridized carbons (Fsp3) is 0.0909. The Hall–Kier alpha value is -4.21. The van der Waals surface area contributed by atoms with Crippen molar-refractivity contribution in [2.75, 3.05) is 18.6 Å². The Morgan fingerprint density at radius 2 is 1.77 bits per heavy atom. The van der Waals surface area contributed by atoms with Gasteiger partial charge in [-0.1, -0.05) is 23.9 Å². The minimum absolute atomic E-state index is 0.0513. The van der Waals surface area contributed by atoms with Crippen molar-refractivity contribution in [3.8, 4) is 40.5 Å². The molecule has 0 fully saturated rings. The van der Waals surface area contributed by atoms with Gasteiger partial charge >= 0.3 is 0 Å². The van der Waals surface area contributed by atoms with Gasteiger partial charge < -0.3 is 20.7 Å². The van der Waals surface area contributed by atoms with Gasteiger partial charge in [-0.15, -0.1) is 0 Å². The Morgan fingerprint density at radius 1 is 1.10 bits per heavy atom. The second-order valence-corrected chi connectivity index (χ2v) is 7.26. The number of aromatic nitrogens is 1. The number of hydrogen-bond donors (Lipinski definition) is 3. The Bertz CT molecular complexity index is 1240. The number of methoxy groups -OCH3 is 1. The highest BCUT2D eigenvalue weighted by molar-refractivity contribution is 8.00. The van der Waals surface area contributed by atoms with Crippen LogP contribution in [0.2, 0.25) is 0 Å². The van der Waals surface area contributed by atoms with Gasteiger partial charge in [-0.05, 0) is 35.9 Å². The summed E-state index contributed by atoms with van der Waals surface area (Å²) in [5.41, 5.74) is 7.28. The fourth-order valence-electron chi connectivity index (χ4n) is 2.86. The standard InChI is InChI=1S/C22H16N4O4S/c1-30-14-5-2-12(3-6-14)20-15(9-23)21(25)26-22(16(20)10-24)31-11-19(29)13-4-7-17(27)18(28)8-13/h2-8,27-28H,11H2,1H3,(H2,25,26). The molecule has 1 heterocycles. The van der Waals surface area contributed by atoms with Crippen LogP contribution in [0.1, 0.15) is 21.5 Å². The third-order valence-electron chi connectivity index (χ3n) is 4.43. The van der Waals surface area contributed by atoms with Crippen LogP contribution in [0.4, 0.5) is 5.82 Å². The van der Waals surface area contributed by atoms with Gasteiger partial charge in [-0.2, -0.15) is 10.5 Å². The van der Waals surface area contributed by atoms with Gasteiger partial charge in [-0.3, -0.25) is 4.79 Å². The van der Waals surface area contributed by atoms with Crippen molar-refractivity contribution in [1.29, 1.82) is 10.5 Å². The van der Waals surface area contributed by atoms with Crippen LogP contribution in [0.15, 0.2) is 47.5 Å². The highest BCUT2D eigenvalue weighted by Crippen LogP contribution is 2.36. The van der Waals surface area contributed by atoms with E-state index in [2.05, 4.69) is 11.1 Å². The number of ether oxygens (including phenoxy) is 1. The summed E-state index contributed by atoms with van der Waals surface area (Å²) in [4.78, 5) is 16.7. The summed E-state index contributed by atoms with van der Waals surface area (Å²) >= 11 is 0.993. The molecular formula is C22H16N4O4S. The molecule has 0 aliphatic rings. The molecule has 154 valence electrons. The second kappa shape index (κ2) is 9.08. The molecule has 8 nitrogen and oxygen atoms in total. The third kappa shape index (κ3) is 4.37. The van der Waals surface area contributed by atoms with Crippen LogP contribution in [0.5, 0.6) is 17.2 Å². The molecule has 0 unspecified atom stereocenters. The zero-order valence-electron chi connectivity index (χ0n) is 16.3. The molecule has 0 spiro atoms. The quantitative estimate of drug-likeness (QED) is 0.302. The summed E-state index contributed by atoms with van der Waals surface area (Å²) in [5.74, 6) is -0.624. The molecule has 2 aromatic carbocycles. The number of ketones is 1. The fourth-order valence-corrected chi connectivity index (χ4v) is 3.75. The van der Waals surface area contributed by atoms with Crippen molar-refractivity contribution < 1.29 is 19.7 Å². The molecule has 0 saturated carbocycles. The number of nitrogens with two attached hydrogens (primary N) is 1. The lowest BCUT2D eigenvalue weighted by Gasteiger charge is -2.13. The van der Waals surface area contributed by atoms with E-state index in [0.717, 1.165) is 17.8 Å². The SMILES string of the molecule is COc1ccc(-c2c(C#N)c(N)nc(SCC(=O)c3ccc(O)c(O)c3)c2C#N)cc1. The lowest BCUT2D eigenvalue weighted by Crippen LogP contribution is -2.06. The minimum Gasteiger partial charge on any atom is -0.504 e. The average molecular weight is 432 g/mol. The van der Waals surface area contributed by atoms with E-state index in [-0.39, 0.29) is 44.8 Å². The van der Waals surface area contributed by atoms with Gasteiger partial charge in [0.25, 0.3) is 0 Å². The number of hydrogen-bond acceptors (Lipinski definition) is 9. The topological polar surface area (TPSA) is 153 Å². The van der Waals surface area contributed by atoms with Crippen LogP contribution in [0, 0.1) is 22.7 Å². The second-order valence-electron chi connectivity index (χ2n) is 6.29. The monoisotopic (exact) mass is 432 g/mol. The van der Waals surface area contributed by atoms with E-state index in [1.54, 1.807) is 24.3 Å². The number of nitrogen functional groups attached to an aromatic ring is 1. The van der Waals surface area contributed by atoms with Gasteiger partial charge in [-0.25, -0.2) is 4.98 Å². The van der Waals surface area contributed by atoms with Crippen LogP contribution in [-0.4, -0.2) is 33.8 Å². The zero-order chi connectivity index (χ0) is 22.5. The number of pyridine rings is 1. The van der Waals surface area contributed by atoms with E-state index in [1.165, 1.54) is 19.2 Å². The number of rotatable bonds is 6. The smallest absolute Gasteiger partial charge is 0.173 e. The summed E-state index contributed by atoms with van der Waals surface area (Å²) in [5, 5.41) is 38.6. The van der Waals surface area contributed by atoms with Gasteiger partial charge in [0.1, 0.15) is 34.3 Å². The molecule has 0 radical (unpaired) electrons. The van der Waals surface area contributed by atoms with E-state index in [1.807, 2.05) is 6.07 Å². The Balaban J connectivity index is 2.00. The number of Topliss-reactive ketones (excluding diaryl/α,β-unsaturated/α-hetero) is 1. The Labute approximate surface area is 182 Å². The number of carbonyl (C=O) groups excluding carboxylic acids is 1. The molecular weight excluding hydrogens is 416 g/mol. The Kier molecular flexibility index (Phi) is 6.29. The summed E-state index contributed by atoms with van der Waals surface area (Å²) in [6, 6.07) is 14.6. The van der Waals surface area contributed by atoms with Crippen LogP contribution in [-0.2, 0) is 0 Å². The molecule has 1 aromatic heterocycles.